The number of halogens is 1. The molecule has 1 fully saturated rings. The molecule has 1 aliphatic rings. The van der Waals surface area contributed by atoms with Crippen molar-refractivity contribution in [3.8, 4) is 0 Å². The van der Waals surface area contributed by atoms with Crippen LogP contribution in [0.2, 0.25) is 5.15 Å². The maximum Gasteiger partial charge on any atom is 0.148 e. The van der Waals surface area contributed by atoms with E-state index < -0.39 is 0 Å². The largest absolute Gasteiger partial charge is 0.304 e. The first kappa shape index (κ1) is 14.5. The first-order valence-electron chi connectivity index (χ1n) is 6.71. The summed E-state index contributed by atoms with van der Waals surface area (Å²) in [5, 5.41) is 2.73. The highest BCUT2D eigenvalue weighted by molar-refractivity contribution is 6.30. The van der Waals surface area contributed by atoms with Gasteiger partial charge in [0.2, 0.25) is 0 Å². The molecule has 0 amide bonds. The van der Waals surface area contributed by atoms with Crippen molar-refractivity contribution in [3.05, 3.63) is 16.5 Å². The van der Waals surface area contributed by atoms with Crippen LogP contribution in [0.15, 0.2) is 0 Å². The number of hydrogen-bond acceptors (Lipinski definition) is 5. The van der Waals surface area contributed by atoms with Crippen molar-refractivity contribution in [3.63, 3.8) is 0 Å². The van der Waals surface area contributed by atoms with Crippen molar-refractivity contribution in [2.24, 2.45) is 0 Å². The molecular weight excluding hydrogens is 262 g/mol. The Hall–Kier alpha value is -0.910. The van der Waals surface area contributed by atoms with Gasteiger partial charge in [-0.3, -0.25) is 0 Å². The fraction of sp³-hybridized carbons (Fsp3) is 0.692. The number of likely N-dealkylation sites (N-methyl/N-ethyl adjacent to an activating group) is 1. The molecule has 5 nitrogen and oxygen atoms in total. The zero-order valence-electron chi connectivity index (χ0n) is 12.1. The van der Waals surface area contributed by atoms with Gasteiger partial charge in [0, 0.05) is 37.7 Å². The molecule has 1 aromatic rings. The zero-order valence-corrected chi connectivity index (χ0v) is 12.8. The van der Waals surface area contributed by atoms with Crippen LogP contribution in [0.3, 0.4) is 0 Å². The SMILES string of the molecule is Cc1c(Cl)nc(C(C)C)nc1NN1CCN(C)CC1. The number of nitrogens with zero attached hydrogens (tertiary/aromatic N) is 4. The van der Waals surface area contributed by atoms with Gasteiger partial charge in [0.15, 0.2) is 0 Å². The van der Waals surface area contributed by atoms with Gasteiger partial charge in [0.1, 0.15) is 16.8 Å². The van der Waals surface area contributed by atoms with Crippen LogP contribution in [0.4, 0.5) is 5.82 Å². The van der Waals surface area contributed by atoms with Crippen LogP contribution in [-0.4, -0.2) is 53.1 Å². The second-order valence-electron chi connectivity index (χ2n) is 5.40. The van der Waals surface area contributed by atoms with Gasteiger partial charge in [-0.2, -0.15) is 0 Å². The topological polar surface area (TPSA) is 44.3 Å². The normalized spacial score (nSPS) is 18.0. The molecule has 1 aliphatic heterocycles. The van der Waals surface area contributed by atoms with Crippen molar-refractivity contribution in [1.29, 1.82) is 0 Å². The van der Waals surface area contributed by atoms with Gasteiger partial charge in [-0.25, -0.2) is 15.0 Å². The lowest BCUT2D eigenvalue weighted by atomic mass is 10.2. The summed E-state index contributed by atoms with van der Waals surface area (Å²) in [6.07, 6.45) is 0. The zero-order chi connectivity index (χ0) is 14.0. The molecule has 0 saturated carbocycles. The third-order valence-electron chi connectivity index (χ3n) is 3.39. The summed E-state index contributed by atoms with van der Waals surface area (Å²) in [6.45, 7) is 10.2. The summed E-state index contributed by atoms with van der Waals surface area (Å²) in [5.74, 6) is 1.88. The molecule has 106 valence electrons. The molecule has 0 unspecified atom stereocenters. The second kappa shape index (κ2) is 6.03. The van der Waals surface area contributed by atoms with Gasteiger partial charge < -0.3 is 10.3 Å². The molecule has 0 spiro atoms. The number of rotatable bonds is 3. The molecule has 0 aliphatic carbocycles. The van der Waals surface area contributed by atoms with Crippen LogP contribution < -0.4 is 5.43 Å². The van der Waals surface area contributed by atoms with E-state index >= 15 is 0 Å². The maximum absolute atomic E-state index is 6.19. The minimum atomic E-state index is 0.270. The lowest BCUT2D eigenvalue weighted by molar-refractivity contribution is 0.178. The van der Waals surface area contributed by atoms with E-state index in [1.165, 1.54) is 0 Å². The first-order valence-corrected chi connectivity index (χ1v) is 7.09. The summed E-state index contributed by atoms with van der Waals surface area (Å²) >= 11 is 6.19. The highest BCUT2D eigenvalue weighted by atomic mass is 35.5. The highest BCUT2D eigenvalue weighted by Gasteiger charge is 2.17. The third kappa shape index (κ3) is 3.55. The molecule has 19 heavy (non-hydrogen) atoms. The maximum atomic E-state index is 6.19. The van der Waals surface area contributed by atoms with Crippen LogP contribution >= 0.6 is 11.6 Å². The van der Waals surface area contributed by atoms with Gasteiger partial charge in [0.25, 0.3) is 0 Å². The quantitative estimate of drug-likeness (QED) is 0.861. The number of hydrazine groups is 1. The van der Waals surface area contributed by atoms with Crippen LogP contribution in [0.1, 0.15) is 31.2 Å². The van der Waals surface area contributed by atoms with E-state index in [2.05, 4.69) is 46.2 Å². The molecule has 0 aromatic carbocycles. The highest BCUT2D eigenvalue weighted by Crippen LogP contribution is 2.23. The molecule has 6 heteroatoms. The Morgan fingerprint density at radius 1 is 1.16 bits per heavy atom. The van der Waals surface area contributed by atoms with Gasteiger partial charge in [-0.1, -0.05) is 25.4 Å². The van der Waals surface area contributed by atoms with Crippen molar-refractivity contribution >= 4 is 17.4 Å². The van der Waals surface area contributed by atoms with Gasteiger partial charge in [-0.15, -0.1) is 0 Å². The molecule has 1 aromatic heterocycles. The van der Waals surface area contributed by atoms with E-state index in [0.29, 0.717) is 5.15 Å². The smallest absolute Gasteiger partial charge is 0.148 e. The van der Waals surface area contributed by atoms with E-state index in [4.69, 9.17) is 11.6 Å². The minimum absolute atomic E-state index is 0.270. The molecule has 0 radical (unpaired) electrons. The van der Waals surface area contributed by atoms with Gasteiger partial charge >= 0.3 is 0 Å². The lowest BCUT2D eigenvalue weighted by Gasteiger charge is -2.33. The molecule has 0 bridgehead atoms. The average molecular weight is 284 g/mol. The molecule has 2 rings (SSSR count). The van der Waals surface area contributed by atoms with Crippen molar-refractivity contribution < 1.29 is 0 Å². The Labute approximate surface area is 119 Å². The molecule has 2 heterocycles. The number of hydrogen-bond donors (Lipinski definition) is 1. The Balaban J connectivity index is 2.15. The van der Waals surface area contributed by atoms with Crippen molar-refractivity contribution in [1.82, 2.24) is 19.9 Å². The first-order chi connectivity index (χ1) is 8.97. The predicted molar refractivity (Wildman–Crippen MR) is 78.6 cm³/mol. The van der Waals surface area contributed by atoms with Crippen molar-refractivity contribution in [2.45, 2.75) is 26.7 Å². The van der Waals surface area contributed by atoms with E-state index in [-0.39, 0.29) is 5.92 Å². The number of piperazine rings is 1. The predicted octanol–water partition coefficient (Wildman–Crippen LogP) is 2.14. The third-order valence-corrected chi connectivity index (χ3v) is 3.76. The van der Waals surface area contributed by atoms with E-state index in [0.717, 1.165) is 43.4 Å². The summed E-state index contributed by atoms with van der Waals surface area (Å²) in [7, 11) is 2.14. The monoisotopic (exact) mass is 283 g/mol. The van der Waals surface area contributed by atoms with E-state index in [9.17, 15) is 0 Å². The summed E-state index contributed by atoms with van der Waals surface area (Å²) < 4.78 is 0. The van der Waals surface area contributed by atoms with Crippen LogP contribution in [0.25, 0.3) is 0 Å². The fourth-order valence-corrected chi connectivity index (χ4v) is 2.12. The Morgan fingerprint density at radius 3 is 2.37 bits per heavy atom. The molecule has 0 atom stereocenters. The Bertz CT molecular complexity index is 441. The Kier molecular flexibility index (Phi) is 4.60. The Morgan fingerprint density at radius 2 is 1.79 bits per heavy atom. The van der Waals surface area contributed by atoms with Crippen molar-refractivity contribution in [2.75, 3.05) is 38.7 Å². The minimum Gasteiger partial charge on any atom is -0.304 e. The lowest BCUT2D eigenvalue weighted by Crippen LogP contribution is -2.47. The average Bonchev–Trinajstić information content (AvgIpc) is 2.37. The molecule has 1 N–H and O–H groups in total. The molecule has 1 saturated heterocycles. The summed E-state index contributed by atoms with van der Waals surface area (Å²) in [4.78, 5) is 11.2. The summed E-state index contributed by atoms with van der Waals surface area (Å²) in [6, 6.07) is 0. The van der Waals surface area contributed by atoms with Crippen LogP contribution in [0.5, 0.6) is 0 Å². The second-order valence-corrected chi connectivity index (χ2v) is 5.76. The van der Waals surface area contributed by atoms with E-state index in [1.807, 2.05) is 6.92 Å². The van der Waals surface area contributed by atoms with Crippen LogP contribution in [0, 0.1) is 6.92 Å². The number of aromatic nitrogens is 2. The fourth-order valence-electron chi connectivity index (χ4n) is 1.94. The van der Waals surface area contributed by atoms with Gasteiger partial charge in [-0.05, 0) is 14.0 Å². The summed E-state index contributed by atoms with van der Waals surface area (Å²) in [5.41, 5.74) is 4.28. The van der Waals surface area contributed by atoms with Crippen LogP contribution in [-0.2, 0) is 0 Å². The standard InChI is InChI=1S/C13H22ClN5/c1-9(2)12-15-11(14)10(3)13(16-12)17-19-7-5-18(4)6-8-19/h9H,5-8H2,1-4H3,(H,15,16,17). The van der Waals surface area contributed by atoms with Gasteiger partial charge in [0.05, 0.1) is 0 Å². The number of anilines is 1. The molecular formula is C13H22ClN5. The number of nitrogens with one attached hydrogen (secondary N) is 1. The van der Waals surface area contributed by atoms with E-state index in [1.54, 1.807) is 0 Å².